The second kappa shape index (κ2) is 6.22. The van der Waals surface area contributed by atoms with E-state index in [1.54, 1.807) is 36.4 Å². The number of benzene rings is 2. The number of fused-ring (bicyclic) bond motifs is 1. The van der Waals surface area contributed by atoms with Gasteiger partial charge in [-0.05, 0) is 42.0 Å². The Hall–Kier alpha value is -2.28. The maximum Gasteiger partial charge on any atom is 0.291 e. The van der Waals surface area contributed by atoms with E-state index >= 15 is 0 Å². The summed E-state index contributed by atoms with van der Waals surface area (Å²) >= 11 is 13.2. The fraction of sp³-hybridized carbons (Fsp3) is 0. The Morgan fingerprint density at radius 2 is 2.00 bits per heavy atom. The van der Waals surface area contributed by atoms with Crippen LogP contribution in [-0.2, 0) is 0 Å². The Morgan fingerprint density at radius 1 is 1.16 bits per heavy atom. The van der Waals surface area contributed by atoms with Crippen LogP contribution in [0.25, 0.3) is 22.4 Å². The Morgan fingerprint density at radius 3 is 2.72 bits per heavy atom. The van der Waals surface area contributed by atoms with E-state index in [0.717, 1.165) is 0 Å². The molecular formula is C17H8Cl2FN3OS. The van der Waals surface area contributed by atoms with Crippen LogP contribution in [0.3, 0.4) is 0 Å². The lowest BCUT2D eigenvalue weighted by molar-refractivity contribution is 0.627. The van der Waals surface area contributed by atoms with Crippen LogP contribution in [0.1, 0.15) is 5.56 Å². The van der Waals surface area contributed by atoms with Gasteiger partial charge in [-0.2, -0.15) is 9.50 Å². The third kappa shape index (κ3) is 3.04. The summed E-state index contributed by atoms with van der Waals surface area (Å²) < 4.78 is 14.9. The molecule has 0 radical (unpaired) electrons. The van der Waals surface area contributed by atoms with Gasteiger partial charge in [-0.3, -0.25) is 4.79 Å². The average Bonchev–Trinajstić information content (AvgIpc) is 3.08. The lowest BCUT2D eigenvalue weighted by atomic mass is 10.2. The topological polar surface area (TPSA) is 47.3 Å². The van der Waals surface area contributed by atoms with Crippen molar-refractivity contribution in [2.24, 2.45) is 0 Å². The summed E-state index contributed by atoms with van der Waals surface area (Å²) in [5.41, 5.74) is 0.882. The van der Waals surface area contributed by atoms with Crippen LogP contribution in [-0.4, -0.2) is 14.6 Å². The molecule has 0 spiro atoms. The number of hydrogen-bond acceptors (Lipinski definition) is 4. The van der Waals surface area contributed by atoms with Gasteiger partial charge < -0.3 is 0 Å². The molecule has 0 saturated carbocycles. The standard InChI is InChI=1S/C17H8Cl2FN3OS/c18-10-4-5-12(13(19)8-10)15-21-17-23(22-15)16(24)14(25-17)7-9-2-1-3-11(20)6-9/h1-8H/b14-7+. The summed E-state index contributed by atoms with van der Waals surface area (Å²) in [6, 6.07) is 11.0. The van der Waals surface area contributed by atoms with E-state index in [9.17, 15) is 9.18 Å². The fourth-order valence-electron chi connectivity index (χ4n) is 2.37. The molecule has 8 heteroatoms. The van der Waals surface area contributed by atoms with E-state index in [-0.39, 0.29) is 11.4 Å². The van der Waals surface area contributed by atoms with Gasteiger partial charge in [0.15, 0.2) is 5.82 Å². The fourth-order valence-corrected chi connectivity index (χ4v) is 3.77. The van der Waals surface area contributed by atoms with Crippen molar-refractivity contribution in [1.82, 2.24) is 14.6 Å². The van der Waals surface area contributed by atoms with Crippen molar-refractivity contribution in [3.63, 3.8) is 0 Å². The Bertz CT molecular complexity index is 1220. The molecule has 0 atom stereocenters. The molecule has 0 amide bonds. The molecule has 2 heterocycles. The zero-order valence-electron chi connectivity index (χ0n) is 12.4. The van der Waals surface area contributed by atoms with Crippen molar-refractivity contribution in [1.29, 1.82) is 0 Å². The van der Waals surface area contributed by atoms with Crippen LogP contribution in [0.2, 0.25) is 10.0 Å². The largest absolute Gasteiger partial charge is 0.291 e. The summed E-state index contributed by atoms with van der Waals surface area (Å²) in [6.07, 6.45) is 1.61. The SMILES string of the molecule is O=c1/c(=C\c2cccc(F)c2)sc2nc(-c3ccc(Cl)cc3Cl)nn12. The molecular weight excluding hydrogens is 384 g/mol. The van der Waals surface area contributed by atoms with Gasteiger partial charge in [-0.1, -0.05) is 46.7 Å². The third-order valence-electron chi connectivity index (χ3n) is 3.50. The van der Waals surface area contributed by atoms with Crippen LogP contribution < -0.4 is 10.1 Å². The summed E-state index contributed by atoms with van der Waals surface area (Å²) in [7, 11) is 0. The number of hydrogen-bond donors (Lipinski definition) is 0. The first kappa shape index (κ1) is 16.2. The molecule has 0 unspecified atom stereocenters. The second-order valence-electron chi connectivity index (χ2n) is 5.22. The molecule has 0 fully saturated rings. The van der Waals surface area contributed by atoms with Gasteiger partial charge in [0.2, 0.25) is 4.96 Å². The van der Waals surface area contributed by atoms with Crippen molar-refractivity contribution >= 4 is 45.6 Å². The summed E-state index contributed by atoms with van der Waals surface area (Å²) in [5.74, 6) is -0.0114. The summed E-state index contributed by atoms with van der Waals surface area (Å²) in [4.78, 5) is 17.3. The zero-order chi connectivity index (χ0) is 17.6. The minimum Gasteiger partial charge on any atom is -0.266 e. The normalized spacial score (nSPS) is 12.2. The lowest BCUT2D eigenvalue weighted by Gasteiger charge is -1.98. The zero-order valence-corrected chi connectivity index (χ0v) is 14.7. The molecule has 0 saturated heterocycles. The van der Waals surface area contributed by atoms with E-state index in [1.807, 2.05) is 0 Å². The molecule has 0 N–H and O–H groups in total. The van der Waals surface area contributed by atoms with Crippen LogP contribution in [0, 0.1) is 5.82 Å². The van der Waals surface area contributed by atoms with Crippen molar-refractivity contribution in [3.05, 3.63) is 78.8 Å². The van der Waals surface area contributed by atoms with Gasteiger partial charge in [0.1, 0.15) is 5.82 Å². The molecule has 2 aromatic heterocycles. The predicted molar refractivity (Wildman–Crippen MR) is 97.8 cm³/mol. The minimum atomic E-state index is -0.361. The number of rotatable bonds is 2. The van der Waals surface area contributed by atoms with E-state index in [1.165, 1.54) is 28.0 Å². The first-order chi connectivity index (χ1) is 12.0. The van der Waals surface area contributed by atoms with Gasteiger partial charge >= 0.3 is 0 Å². The first-order valence-electron chi connectivity index (χ1n) is 7.13. The maximum atomic E-state index is 13.3. The average molecular weight is 392 g/mol. The monoisotopic (exact) mass is 391 g/mol. The van der Waals surface area contributed by atoms with E-state index in [0.29, 0.717) is 36.5 Å². The highest BCUT2D eigenvalue weighted by molar-refractivity contribution is 7.15. The van der Waals surface area contributed by atoms with Gasteiger partial charge in [-0.25, -0.2) is 4.39 Å². The van der Waals surface area contributed by atoms with Gasteiger partial charge in [-0.15, -0.1) is 5.10 Å². The quantitative estimate of drug-likeness (QED) is 0.521. The number of halogens is 3. The van der Waals surface area contributed by atoms with Crippen molar-refractivity contribution < 1.29 is 4.39 Å². The molecule has 4 aromatic rings. The molecule has 0 aliphatic carbocycles. The van der Waals surface area contributed by atoms with Crippen LogP contribution in [0.4, 0.5) is 4.39 Å². The Labute approximate surface area is 154 Å². The van der Waals surface area contributed by atoms with E-state index in [2.05, 4.69) is 10.1 Å². The maximum absolute atomic E-state index is 13.3. The smallest absolute Gasteiger partial charge is 0.266 e. The number of nitrogens with zero attached hydrogens (tertiary/aromatic N) is 3. The summed E-state index contributed by atoms with van der Waals surface area (Å²) in [6.45, 7) is 0. The van der Waals surface area contributed by atoms with Gasteiger partial charge in [0.05, 0.1) is 9.55 Å². The van der Waals surface area contributed by atoms with Crippen molar-refractivity contribution in [3.8, 4) is 11.4 Å². The molecule has 4 nitrogen and oxygen atoms in total. The lowest BCUT2D eigenvalue weighted by Crippen LogP contribution is -2.23. The molecule has 0 bridgehead atoms. The predicted octanol–water partition coefficient (Wildman–Crippen LogP) is 3.81. The van der Waals surface area contributed by atoms with E-state index in [4.69, 9.17) is 23.2 Å². The highest BCUT2D eigenvalue weighted by Gasteiger charge is 2.14. The number of aromatic nitrogens is 3. The second-order valence-corrected chi connectivity index (χ2v) is 7.08. The Balaban J connectivity index is 1.83. The van der Waals surface area contributed by atoms with Crippen LogP contribution in [0.5, 0.6) is 0 Å². The molecule has 0 aliphatic rings. The highest BCUT2D eigenvalue weighted by Crippen LogP contribution is 2.28. The van der Waals surface area contributed by atoms with Crippen molar-refractivity contribution in [2.75, 3.05) is 0 Å². The minimum absolute atomic E-state index is 0.312. The van der Waals surface area contributed by atoms with E-state index < -0.39 is 0 Å². The van der Waals surface area contributed by atoms with Gasteiger partial charge in [0.25, 0.3) is 5.56 Å². The highest BCUT2D eigenvalue weighted by atomic mass is 35.5. The van der Waals surface area contributed by atoms with Crippen LogP contribution in [0.15, 0.2) is 47.3 Å². The summed E-state index contributed by atoms with van der Waals surface area (Å²) in [5, 5.41) is 5.15. The molecule has 2 aromatic carbocycles. The molecule has 124 valence electrons. The Kier molecular flexibility index (Phi) is 4.03. The molecule has 25 heavy (non-hydrogen) atoms. The first-order valence-corrected chi connectivity index (χ1v) is 8.71. The van der Waals surface area contributed by atoms with Gasteiger partial charge in [0, 0.05) is 10.6 Å². The molecule has 0 aliphatic heterocycles. The van der Waals surface area contributed by atoms with Crippen molar-refractivity contribution in [2.45, 2.75) is 0 Å². The molecule has 4 rings (SSSR count). The van der Waals surface area contributed by atoms with Crippen LogP contribution >= 0.6 is 34.5 Å². The third-order valence-corrected chi connectivity index (χ3v) is 5.01. The number of thiazole rings is 1.